The molecule has 0 radical (unpaired) electrons. The summed E-state index contributed by atoms with van der Waals surface area (Å²) in [4.78, 5) is 19.2. The van der Waals surface area contributed by atoms with Crippen molar-refractivity contribution in [1.82, 2.24) is 4.90 Å². The number of rotatable bonds is 3. The summed E-state index contributed by atoms with van der Waals surface area (Å²) in [6, 6.07) is 14.4. The summed E-state index contributed by atoms with van der Waals surface area (Å²) >= 11 is 8.76. The first kappa shape index (κ1) is 23.1. The summed E-state index contributed by atoms with van der Waals surface area (Å²) < 4.78 is 6.07. The number of ether oxygens (including phenoxy) is 1. The number of thioether (sulfide) groups is 2. The minimum Gasteiger partial charge on any atom is -0.459 e. The number of amidine groups is 1. The van der Waals surface area contributed by atoms with E-state index in [2.05, 4.69) is 36.9 Å². The van der Waals surface area contributed by atoms with Gasteiger partial charge < -0.3 is 9.64 Å². The van der Waals surface area contributed by atoms with Gasteiger partial charge in [0, 0.05) is 17.7 Å². The Bertz CT molecular complexity index is 975. The fourth-order valence-corrected chi connectivity index (χ4v) is 5.23. The number of hydrogen-bond acceptors (Lipinski definition) is 6. The van der Waals surface area contributed by atoms with Crippen LogP contribution in [0.3, 0.4) is 0 Å². The minimum atomic E-state index is -0.497. The van der Waals surface area contributed by atoms with Gasteiger partial charge in [-0.25, -0.2) is 4.99 Å². The van der Waals surface area contributed by atoms with Gasteiger partial charge in [0.1, 0.15) is 9.92 Å². The largest absolute Gasteiger partial charge is 0.459 e. The van der Waals surface area contributed by atoms with Gasteiger partial charge in [-0.05, 0) is 37.6 Å². The summed E-state index contributed by atoms with van der Waals surface area (Å²) in [5, 5.41) is 3.16. The predicted octanol–water partition coefficient (Wildman–Crippen LogP) is 6.26. The van der Waals surface area contributed by atoms with Gasteiger partial charge in [0.2, 0.25) is 0 Å². The van der Waals surface area contributed by atoms with E-state index in [0.29, 0.717) is 4.32 Å². The van der Waals surface area contributed by atoms with Gasteiger partial charge in [0.05, 0.1) is 11.4 Å². The lowest BCUT2D eigenvalue weighted by atomic mass is 9.96. The Morgan fingerprint density at radius 2 is 1.93 bits per heavy atom. The highest BCUT2D eigenvalue weighted by Crippen LogP contribution is 2.35. The van der Waals surface area contributed by atoms with Gasteiger partial charge >= 0.3 is 5.97 Å². The molecule has 0 spiro atoms. The Morgan fingerprint density at radius 1 is 1.23 bits per heavy atom. The summed E-state index contributed by atoms with van der Waals surface area (Å²) in [5.41, 5.74) is 0.530. The van der Waals surface area contributed by atoms with Crippen molar-refractivity contribution >= 4 is 67.7 Å². The van der Waals surface area contributed by atoms with Crippen molar-refractivity contribution in [3.8, 4) is 0 Å². The normalized spacial score (nSPS) is 17.9. The van der Waals surface area contributed by atoms with Gasteiger partial charge in [0.15, 0.2) is 5.17 Å². The van der Waals surface area contributed by atoms with Crippen molar-refractivity contribution in [2.45, 2.75) is 40.2 Å². The molecule has 0 amide bonds. The standard InChI is InChI=1S/C23H28N2O2S3/c1-22(2,3)27-19(26)13-29-21(28)25-14-23(4,5)15-30-20(25)24-18-12-8-10-16-9-6-7-11-17(16)18/h6-12H,13-15H2,1-5H3. The molecular formula is C23H28N2O2S3. The molecule has 0 unspecified atom stereocenters. The summed E-state index contributed by atoms with van der Waals surface area (Å²) in [6.45, 7) is 10.8. The van der Waals surface area contributed by atoms with Crippen LogP contribution in [0.1, 0.15) is 34.6 Å². The second kappa shape index (κ2) is 9.28. The zero-order chi connectivity index (χ0) is 21.9. The van der Waals surface area contributed by atoms with Crippen LogP contribution in [0.25, 0.3) is 10.8 Å². The van der Waals surface area contributed by atoms with E-state index in [1.165, 1.54) is 11.8 Å². The maximum absolute atomic E-state index is 12.1. The molecule has 3 rings (SSSR count). The van der Waals surface area contributed by atoms with E-state index < -0.39 is 5.60 Å². The number of hydrogen-bond donors (Lipinski definition) is 0. The van der Waals surface area contributed by atoms with Crippen LogP contribution in [0.2, 0.25) is 0 Å². The van der Waals surface area contributed by atoms with E-state index >= 15 is 0 Å². The van der Waals surface area contributed by atoms with Crippen LogP contribution in [-0.2, 0) is 9.53 Å². The highest BCUT2D eigenvalue weighted by molar-refractivity contribution is 8.23. The zero-order valence-corrected chi connectivity index (χ0v) is 20.5. The fourth-order valence-electron chi connectivity index (χ4n) is 3.09. The number of carbonyl (C=O) groups excluding carboxylic acids is 1. The molecule has 1 aliphatic rings. The van der Waals surface area contributed by atoms with Gasteiger partial charge in [-0.15, -0.1) is 0 Å². The molecule has 1 saturated heterocycles. The Kier molecular flexibility index (Phi) is 7.15. The van der Waals surface area contributed by atoms with Gasteiger partial charge in [0.25, 0.3) is 0 Å². The van der Waals surface area contributed by atoms with Crippen LogP contribution < -0.4 is 0 Å². The average molecular weight is 461 g/mol. The van der Waals surface area contributed by atoms with Crippen molar-refractivity contribution in [2.75, 3.05) is 18.1 Å². The van der Waals surface area contributed by atoms with Crippen LogP contribution in [0.4, 0.5) is 5.69 Å². The van der Waals surface area contributed by atoms with E-state index in [-0.39, 0.29) is 17.1 Å². The lowest BCUT2D eigenvalue weighted by molar-refractivity contribution is -0.151. The van der Waals surface area contributed by atoms with Crippen LogP contribution in [0.15, 0.2) is 47.5 Å². The molecule has 30 heavy (non-hydrogen) atoms. The zero-order valence-electron chi connectivity index (χ0n) is 18.1. The molecule has 4 nitrogen and oxygen atoms in total. The van der Waals surface area contributed by atoms with Crippen molar-refractivity contribution in [3.05, 3.63) is 42.5 Å². The maximum Gasteiger partial charge on any atom is 0.316 e. The molecule has 0 bridgehead atoms. The molecule has 1 aliphatic heterocycles. The molecule has 160 valence electrons. The lowest BCUT2D eigenvalue weighted by Gasteiger charge is -2.39. The van der Waals surface area contributed by atoms with E-state index in [9.17, 15) is 4.79 Å². The predicted molar refractivity (Wildman–Crippen MR) is 135 cm³/mol. The molecule has 1 heterocycles. The van der Waals surface area contributed by atoms with Gasteiger partial charge in [-0.2, -0.15) is 0 Å². The summed E-state index contributed by atoms with van der Waals surface area (Å²) in [6.07, 6.45) is 0. The second-order valence-corrected chi connectivity index (χ2v) is 11.6. The fraction of sp³-hybridized carbons (Fsp3) is 0.435. The smallest absolute Gasteiger partial charge is 0.316 e. The van der Waals surface area contributed by atoms with E-state index in [1.807, 2.05) is 45.0 Å². The number of esters is 1. The van der Waals surface area contributed by atoms with Crippen molar-refractivity contribution in [1.29, 1.82) is 0 Å². The van der Waals surface area contributed by atoms with Crippen molar-refractivity contribution in [3.63, 3.8) is 0 Å². The first-order valence-electron chi connectivity index (χ1n) is 9.89. The molecule has 0 atom stereocenters. The summed E-state index contributed by atoms with van der Waals surface area (Å²) in [7, 11) is 0. The Balaban J connectivity index is 1.83. The molecular weight excluding hydrogens is 432 g/mol. The van der Waals surface area contributed by atoms with Crippen molar-refractivity contribution in [2.24, 2.45) is 10.4 Å². The highest BCUT2D eigenvalue weighted by Gasteiger charge is 2.33. The highest BCUT2D eigenvalue weighted by atomic mass is 32.2. The monoisotopic (exact) mass is 460 g/mol. The quantitative estimate of drug-likeness (QED) is 0.398. The summed E-state index contributed by atoms with van der Waals surface area (Å²) in [5.74, 6) is 0.900. The lowest BCUT2D eigenvalue weighted by Crippen LogP contribution is -2.45. The first-order chi connectivity index (χ1) is 14.0. The van der Waals surface area contributed by atoms with Gasteiger partial charge in [-0.3, -0.25) is 4.79 Å². The Hall–Kier alpha value is -1.57. The van der Waals surface area contributed by atoms with Crippen LogP contribution in [-0.4, -0.2) is 44.0 Å². The molecule has 0 N–H and O–H groups in total. The van der Waals surface area contributed by atoms with Crippen LogP contribution in [0, 0.1) is 5.41 Å². The third-order valence-corrected chi connectivity index (χ3v) is 7.26. The van der Waals surface area contributed by atoms with Crippen LogP contribution in [0.5, 0.6) is 0 Å². The third kappa shape index (κ3) is 6.22. The van der Waals surface area contributed by atoms with E-state index in [1.54, 1.807) is 11.8 Å². The molecule has 1 fully saturated rings. The molecule has 2 aromatic carbocycles. The number of aliphatic imine (C=N–C) groups is 1. The second-order valence-electron chi connectivity index (χ2n) is 9.07. The number of nitrogens with zero attached hydrogens (tertiary/aromatic N) is 2. The molecule has 0 aliphatic carbocycles. The minimum absolute atomic E-state index is 0.0962. The van der Waals surface area contributed by atoms with Gasteiger partial charge in [-0.1, -0.05) is 86.0 Å². The maximum atomic E-state index is 12.1. The average Bonchev–Trinajstić information content (AvgIpc) is 2.66. The van der Waals surface area contributed by atoms with Crippen LogP contribution >= 0.6 is 35.7 Å². The number of thiocarbonyl (C=S) groups is 1. The SMILES string of the molecule is CC1(C)CSC(=Nc2cccc3ccccc23)N(C(=S)SCC(=O)OC(C)(C)C)C1. The number of fused-ring (bicyclic) bond motifs is 1. The topological polar surface area (TPSA) is 41.9 Å². The molecule has 0 aromatic heterocycles. The third-order valence-electron chi connectivity index (χ3n) is 4.35. The number of benzene rings is 2. The first-order valence-corrected chi connectivity index (χ1v) is 12.3. The molecule has 2 aromatic rings. The molecule has 0 saturated carbocycles. The molecule has 7 heteroatoms. The number of carbonyl (C=O) groups is 1. The Labute approximate surface area is 192 Å². The van der Waals surface area contributed by atoms with Crippen molar-refractivity contribution < 1.29 is 9.53 Å². The van der Waals surface area contributed by atoms with E-state index in [0.717, 1.165) is 33.9 Å². The Morgan fingerprint density at radius 3 is 2.67 bits per heavy atom. The van der Waals surface area contributed by atoms with E-state index in [4.69, 9.17) is 21.9 Å².